The van der Waals surface area contributed by atoms with Crippen LogP contribution in [0.3, 0.4) is 0 Å². The summed E-state index contributed by atoms with van der Waals surface area (Å²) in [5, 5.41) is 58.7. The van der Waals surface area contributed by atoms with Gasteiger partial charge in [0.15, 0.2) is 34.5 Å². The summed E-state index contributed by atoms with van der Waals surface area (Å²) >= 11 is 6.00. The molecule has 0 aliphatic heterocycles. The molecule has 26 N–H and O–H groups in total. The van der Waals surface area contributed by atoms with Gasteiger partial charge in [0, 0.05) is 90.0 Å². The number of aryl methyl sites for hydroxylation is 1. The van der Waals surface area contributed by atoms with Crippen LogP contribution < -0.4 is 124 Å². The van der Waals surface area contributed by atoms with E-state index in [0.29, 0.717) is 202 Å². The number of halogens is 1. The topological polar surface area (TPSA) is 500 Å². The predicted molar refractivity (Wildman–Crippen MR) is 376 cm³/mol. The van der Waals surface area contributed by atoms with Crippen LogP contribution in [0.1, 0.15) is 43.2 Å². The number of anilines is 11. The monoisotopic (exact) mass is 1360 g/mol. The molecule has 0 heterocycles. The first kappa shape index (κ1) is 83.6. The summed E-state index contributed by atoms with van der Waals surface area (Å²) in [5.74, 6) is 6.55. The summed E-state index contributed by atoms with van der Waals surface area (Å²) in [6, 6.07) is 15.4. The lowest BCUT2D eigenvalue weighted by molar-refractivity contribution is 0.229. The maximum Gasteiger partial charge on any atom is 0.172 e. The van der Waals surface area contributed by atoms with Crippen LogP contribution in [0.5, 0.6) is 74.7 Å². The zero-order chi connectivity index (χ0) is 71.6. The SMILES string of the molecule is CNc1c(OC)cc(OC)c(N)c1OC.COc1c(N)cc(C)cc1N.COc1cc(OC)c(NCCO)c(OC)c1N.COc1ccc(N)c(OC)c1CCCO.Nc1cc(Cl)c(OCCCO)c(N)c1OCCCO.Nc1ccc(OCCCO)c(N)c1OCCCO. The van der Waals surface area contributed by atoms with Crippen molar-refractivity contribution in [1.29, 1.82) is 0 Å². The molecule has 0 aliphatic carbocycles. The second-order valence-electron chi connectivity index (χ2n) is 19.4. The smallest absolute Gasteiger partial charge is 0.172 e. The van der Waals surface area contributed by atoms with Crippen molar-refractivity contribution in [2.75, 3.05) is 206 Å². The van der Waals surface area contributed by atoms with Crippen molar-refractivity contribution in [2.24, 2.45) is 0 Å². The fraction of sp³-hybridized carbons (Fsp3) is 0.438. The van der Waals surface area contributed by atoms with Gasteiger partial charge in [-0.2, -0.15) is 0 Å². The van der Waals surface area contributed by atoms with Gasteiger partial charge >= 0.3 is 0 Å². The molecule has 0 amide bonds. The van der Waals surface area contributed by atoms with Gasteiger partial charge in [0.25, 0.3) is 0 Å². The molecular formula is C64H102ClN11O19. The van der Waals surface area contributed by atoms with E-state index in [1.807, 2.05) is 25.1 Å². The van der Waals surface area contributed by atoms with Crippen LogP contribution in [0.4, 0.5) is 62.6 Å². The molecule has 6 aromatic rings. The number of nitrogen functional groups attached to an aromatic ring is 9. The number of nitrogens with two attached hydrogens (primary N) is 9. The maximum atomic E-state index is 8.82. The third kappa shape index (κ3) is 26.1. The molecule has 6 aromatic carbocycles. The summed E-state index contributed by atoms with van der Waals surface area (Å²) in [7, 11) is 15.7. The Morgan fingerprint density at radius 3 is 1.16 bits per heavy atom. The maximum absolute atomic E-state index is 8.82. The van der Waals surface area contributed by atoms with Crippen molar-refractivity contribution in [1.82, 2.24) is 0 Å². The second-order valence-corrected chi connectivity index (χ2v) is 19.8. The van der Waals surface area contributed by atoms with Crippen LogP contribution in [-0.2, 0) is 6.42 Å². The van der Waals surface area contributed by atoms with Gasteiger partial charge < -0.3 is 154 Å². The number of aliphatic hydroxyl groups excluding tert-OH is 6. The summed E-state index contributed by atoms with van der Waals surface area (Å²) in [4.78, 5) is 0. The van der Waals surface area contributed by atoms with Crippen molar-refractivity contribution in [3.63, 3.8) is 0 Å². The van der Waals surface area contributed by atoms with E-state index in [-0.39, 0.29) is 45.3 Å². The molecule has 0 bridgehead atoms. The van der Waals surface area contributed by atoms with Crippen LogP contribution >= 0.6 is 11.6 Å². The highest BCUT2D eigenvalue weighted by Crippen LogP contribution is 2.47. The lowest BCUT2D eigenvalue weighted by atomic mass is 10.1. The lowest BCUT2D eigenvalue weighted by Gasteiger charge is -2.18. The molecule has 31 heteroatoms. The third-order valence-corrected chi connectivity index (χ3v) is 13.1. The Hall–Kier alpha value is -9.43. The Morgan fingerprint density at radius 2 is 0.737 bits per heavy atom. The number of benzene rings is 6. The van der Waals surface area contributed by atoms with Crippen LogP contribution in [0.15, 0.2) is 54.6 Å². The molecule has 6 rings (SSSR count). The molecule has 0 aliphatic rings. The normalized spacial score (nSPS) is 10.0. The number of ether oxygens (including phenoxy) is 13. The number of rotatable bonds is 32. The standard InChI is InChI=1S/C12H19ClN2O4.C12H20N2O4.C11H18N2O4.C11H17NO3.C10H16N2O3.C8H12N2O/c13-8-7-9(14)12(19-6-2-4-17)10(15)11(8)18-5-1-3-16;13-9-3-4-10(17-7-1-5-15)11(14)12(9)18-8-2-6-16;1-15-7-6-8(16-2)10(13-4-5-14)11(17-3)9(7)12;1-14-10-6-5-9(12)11(15-2)8(10)4-3-7-13;1-12-9-7(14-3)5-6(13-2)8(11)10(9)15-4;1-5-3-6(9)8(11-2)7(10)4-5/h7,16-17H,1-6,14-15H2;3-4,15-16H,1-2,5-8,13-14H2;6,13-14H,4-5,12H2,1-3H3;5-6,13H,3-4,7,12H2,1-2H3;5,12H,11H2,1-4H3;3-4H,9-10H2,1-2H3. The van der Waals surface area contributed by atoms with Crippen LogP contribution in [-0.4, -0.2) is 174 Å². The Labute approximate surface area is 561 Å². The Morgan fingerprint density at radius 1 is 0.358 bits per heavy atom. The fourth-order valence-corrected chi connectivity index (χ4v) is 8.63. The summed E-state index contributed by atoms with van der Waals surface area (Å²) < 4.78 is 68.2. The van der Waals surface area contributed by atoms with Crippen LogP contribution in [0.2, 0.25) is 5.02 Å². The first-order valence-electron chi connectivity index (χ1n) is 29.6. The highest BCUT2D eigenvalue weighted by molar-refractivity contribution is 6.33. The van der Waals surface area contributed by atoms with Gasteiger partial charge in [0.05, 0.1) is 130 Å². The molecule has 0 unspecified atom stereocenters. The van der Waals surface area contributed by atoms with E-state index in [0.717, 1.165) is 16.9 Å². The molecule has 0 radical (unpaired) electrons. The minimum Gasteiger partial charge on any atom is -0.496 e. The van der Waals surface area contributed by atoms with Gasteiger partial charge in [-0.05, 0) is 67.8 Å². The summed E-state index contributed by atoms with van der Waals surface area (Å²) in [5.41, 5.74) is 59.3. The van der Waals surface area contributed by atoms with Crippen molar-refractivity contribution in [3.05, 3.63) is 70.7 Å². The second kappa shape index (κ2) is 46.6. The predicted octanol–water partition coefficient (Wildman–Crippen LogP) is 5.81. The van der Waals surface area contributed by atoms with Crippen molar-refractivity contribution >= 4 is 74.2 Å². The molecule has 30 nitrogen and oxygen atoms in total. The Balaban J connectivity index is 0.000000574. The molecule has 534 valence electrons. The number of aliphatic hydroxyl groups is 6. The molecule has 0 saturated heterocycles. The van der Waals surface area contributed by atoms with Gasteiger partial charge in [-0.25, -0.2) is 0 Å². The molecule has 95 heavy (non-hydrogen) atoms. The quantitative estimate of drug-likeness (QED) is 0.0175. The van der Waals surface area contributed by atoms with E-state index in [9.17, 15) is 0 Å². The van der Waals surface area contributed by atoms with Crippen molar-refractivity contribution < 1.29 is 92.2 Å². The number of methoxy groups -OCH3 is 9. The minimum atomic E-state index is -0.00174. The van der Waals surface area contributed by atoms with Crippen molar-refractivity contribution in [2.45, 2.75) is 45.4 Å². The number of hydrogen-bond donors (Lipinski definition) is 17. The highest BCUT2D eigenvalue weighted by atomic mass is 35.5. The number of hydrogen-bond acceptors (Lipinski definition) is 30. The first-order valence-corrected chi connectivity index (χ1v) is 30.0. The first-order chi connectivity index (χ1) is 45.6. The lowest BCUT2D eigenvalue weighted by Crippen LogP contribution is -2.09. The Kier molecular flexibility index (Phi) is 41.0. The van der Waals surface area contributed by atoms with Gasteiger partial charge in [-0.1, -0.05) is 11.6 Å². The van der Waals surface area contributed by atoms with Gasteiger partial charge in [-0.3, -0.25) is 0 Å². The zero-order valence-corrected chi connectivity index (χ0v) is 57.0. The van der Waals surface area contributed by atoms with Gasteiger partial charge in [0.1, 0.15) is 74.4 Å². The van der Waals surface area contributed by atoms with Gasteiger partial charge in [0.2, 0.25) is 0 Å². The summed E-state index contributed by atoms with van der Waals surface area (Å²) in [6.07, 6.45) is 3.34. The molecule has 0 saturated carbocycles. The molecule has 0 fully saturated rings. The largest absolute Gasteiger partial charge is 0.496 e. The molecular weight excluding hydrogens is 1260 g/mol. The average Bonchev–Trinajstić information content (AvgIpc) is 0.845. The van der Waals surface area contributed by atoms with Crippen LogP contribution in [0.25, 0.3) is 0 Å². The fourth-order valence-electron chi connectivity index (χ4n) is 8.35. The van der Waals surface area contributed by atoms with E-state index in [2.05, 4.69) is 10.6 Å². The van der Waals surface area contributed by atoms with E-state index < -0.39 is 0 Å². The van der Waals surface area contributed by atoms with Gasteiger partial charge in [-0.15, -0.1) is 0 Å². The molecule has 0 atom stereocenters. The van der Waals surface area contributed by atoms with E-state index >= 15 is 0 Å². The highest BCUT2D eigenvalue weighted by Gasteiger charge is 2.21. The molecule has 0 spiro atoms. The minimum absolute atomic E-state index is 0.00174. The zero-order valence-electron chi connectivity index (χ0n) is 56.3. The van der Waals surface area contributed by atoms with E-state index in [1.165, 1.54) is 27.4 Å². The molecule has 0 aromatic heterocycles. The van der Waals surface area contributed by atoms with E-state index in [4.69, 9.17) is 155 Å². The summed E-state index contributed by atoms with van der Waals surface area (Å²) in [6.45, 7) is 3.90. The Bertz CT molecular complexity index is 3140. The average molecular weight is 1370 g/mol. The van der Waals surface area contributed by atoms with Crippen molar-refractivity contribution in [3.8, 4) is 74.7 Å². The van der Waals surface area contributed by atoms with Crippen LogP contribution in [0, 0.1) is 6.92 Å². The van der Waals surface area contributed by atoms with E-state index in [1.54, 1.807) is 80.0 Å². The number of nitrogens with one attached hydrogen (secondary N) is 2. The third-order valence-electron chi connectivity index (χ3n) is 12.8.